The summed E-state index contributed by atoms with van der Waals surface area (Å²) < 4.78 is 1.78. The average molecular weight is 229 g/mol. The van der Waals surface area contributed by atoms with Crippen LogP contribution in [0.3, 0.4) is 0 Å². The van der Waals surface area contributed by atoms with Crippen LogP contribution in [0.25, 0.3) is 11.5 Å². The second kappa shape index (κ2) is 3.92. The van der Waals surface area contributed by atoms with Crippen molar-refractivity contribution in [2.75, 3.05) is 0 Å². The standard InChI is InChI=1S/C12H15N5/c1-17-11(5-6-15-17)12-14-7-8-9(13)3-2-4-10(8)16-12/h5-7,9H,2-4,13H2,1H3. The van der Waals surface area contributed by atoms with Crippen LogP contribution in [-0.4, -0.2) is 19.7 Å². The third kappa shape index (κ3) is 1.72. The Morgan fingerprint density at radius 2 is 2.35 bits per heavy atom. The average Bonchev–Trinajstić information content (AvgIpc) is 2.75. The SMILES string of the molecule is Cn1nccc1-c1ncc2c(n1)CCCC2N. The van der Waals surface area contributed by atoms with Crippen LogP contribution in [0.5, 0.6) is 0 Å². The highest BCUT2D eigenvalue weighted by Crippen LogP contribution is 2.27. The molecule has 0 aromatic carbocycles. The number of nitrogens with two attached hydrogens (primary N) is 1. The highest BCUT2D eigenvalue weighted by molar-refractivity contribution is 5.49. The lowest BCUT2D eigenvalue weighted by Gasteiger charge is -2.20. The lowest BCUT2D eigenvalue weighted by Crippen LogP contribution is -2.19. The molecule has 3 rings (SSSR count). The van der Waals surface area contributed by atoms with Gasteiger partial charge in [-0.25, -0.2) is 9.97 Å². The number of aromatic nitrogens is 4. The molecule has 0 saturated heterocycles. The van der Waals surface area contributed by atoms with Gasteiger partial charge >= 0.3 is 0 Å². The van der Waals surface area contributed by atoms with Gasteiger partial charge in [0.25, 0.3) is 0 Å². The third-order valence-corrected chi connectivity index (χ3v) is 3.28. The van der Waals surface area contributed by atoms with Crippen LogP contribution in [0.2, 0.25) is 0 Å². The molecule has 88 valence electrons. The number of hydrogen-bond acceptors (Lipinski definition) is 4. The molecule has 17 heavy (non-hydrogen) atoms. The molecule has 0 radical (unpaired) electrons. The van der Waals surface area contributed by atoms with E-state index in [0.29, 0.717) is 0 Å². The van der Waals surface area contributed by atoms with Crippen molar-refractivity contribution in [3.05, 3.63) is 29.7 Å². The Labute approximate surface area is 99.7 Å². The Morgan fingerprint density at radius 3 is 3.12 bits per heavy atom. The van der Waals surface area contributed by atoms with Crippen LogP contribution in [-0.2, 0) is 13.5 Å². The summed E-state index contributed by atoms with van der Waals surface area (Å²) in [6.07, 6.45) is 6.76. The zero-order valence-electron chi connectivity index (χ0n) is 9.80. The van der Waals surface area contributed by atoms with Crippen molar-refractivity contribution in [3.63, 3.8) is 0 Å². The van der Waals surface area contributed by atoms with Gasteiger partial charge < -0.3 is 5.73 Å². The Morgan fingerprint density at radius 1 is 1.47 bits per heavy atom. The van der Waals surface area contributed by atoms with E-state index in [0.717, 1.165) is 42.0 Å². The van der Waals surface area contributed by atoms with E-state index in [-0.39, 0.29) is 6.04 Å². The molecule has 0 bridgehead atoms. The van der Waals surface area contributed by atoms with Crippen LogP contribution in [0.1, 0.15) is 30.1 Å². The fraction of sp³-hybridized carbons (Fsp3) is 0.417. The van der Waals surface area contributed by atoms with Gasteiger partial charge in [-0.1, -0.05) is 0 Å². The second-order valence-corrected chi connectivity index (χ2v) is 4.43. The maximum Gasteiger partial charge on any atom is 0.178 e. The van der Waals surface area contributed by atoms with Crippen molar-refractivity contribution in [1.82, 2.24) is 19.7 Å². The molecular weight excluding hydrogens is 214 g/mol. The lowest BCUT2D eigenvalue weighted by molar-refractivity contribution is 0.556. The first-order valence-corrected chi connectivity index (χ1v) is 5.85. The van der Waals surface area contributed by atoms with Crippen LogP contribution >= 0.6 is 0 Å². The van der Waals surface area contributed by atoms with E-state index in [1.54, 1.807) is 10.9 Å². The van der Waals surface area contributed by atoms with E-state index in [1.165, 1.54) is 0 Å². The number of fused-ring (bicyclic) bond motifs is 1. The molecule has 5 nitrogen and oxygen atoms in total. The summed E-state index contributed by atoms with van der Waals surface area (Å²) in [5.74, 6) is 0.734. The zero-order chi connectivity index (χ0) is 11.8. The maximum absolute atomic E-state index is 6.05. The van der Waals surface area contributed by atoms with Gasteiger partial charge in [0.15, 0.2) is 5.82 Å². The van der Waals surface area contributed by atoms with Crippen molar-refractivity contribution in [2.45, 2.75) is 25.3 Å². The molecule has 0 saturated carbocycles. The maximum atomic E-state index is 6.05. The van der Waals surface area contributed by atoms with Gasteiger partial charge in [0.1, 0.15) is 5.69 Å². The summed E-state index contributed by atoms with van der Waals surface area (Å²) in [5, 5.41) is 4.13. The summed E-state index contributed by atoms with van der Waals surface area (Å²) in [4.78, 5) is 9.01. The number of hydrogen-bond donors (Lipinski definition) is 1. The second-order valence-electron chi connectivity index (χ2n) is 4.43. The Kier molecular flexibility index (Phi) is 2.40. The van der Waals surface area contributed by atoms with Crippen LogP contribution < -0.4 is 5.73 Å². The molecule has 1 aliphatic carbocycles. The van der Waals surface area contributed by atoms with E-state index in [1.807, 2.05) is 19.3 Å². The minimum absolute atomic E-state index is 0.0966. The molecular formula is C12H15N5. The molecule has 1 atom stereocenters. The van der Waals surface area contributed by atoms with E-state index < -0.39 is 0 Å². The predicted octanol–water partition coefficient (Wildman–Crippen LogP) is 1.21. The molecule has 2 heterocycles. The first kappa shape index (κ1) is 10.4. The molecule has 1 aliphatic rings. The van der Waals surface area contributed by atoms with Crippen molar-refractivity contribution < 1.29 is 0 Å². The molecule has 0 spiro atoms. The number of aryl methyl sites for hydroxylation is 2. The van der Waals surface area contributed by atoms with Gasteiger partial charge in [0.2, 0.25) is 0 Å². The van der Waals surface area contributed by atoms with Crippen molar-refractivity contribution in [1.29, 1.82) is 0 Å². The molecule has 0 fully saturated rings. The van der Waals surface area contributed by atoms with Gasteiger partial charge in [0.05, 0.1) is 0 Å². The molecule has 0 amide bonds. The molecule has 5 heteroatoms. The third-order valence-electron chi connectivity index (χ3n) is 3.28. The quantitative estimate of drug-likeness (QED) is 0.798. The van der Waals surface area contributed by atoms with Crippen LogP contribution in [0.4, 0.5) is 0 Å². The van der Waals surface area contributed by atoms with Crippen LogP contribution in [0, 0.1) is 0 Å². The number of rotatable bonds is 1. The zero-order valence-corrected chi connectivity index (χ0v) is 9.80. The first-order valence-electron chi connectivity index (χ1n) is 5.85. The first-order chi connectivity index (χ1) is 8.25. The summed E-state index contributed by atoms with van der Waals surface area (Å²) in [5.41, 5.74) is 9.18. The molecule has 2 N–H and O–H groups in total. The summed E-state index contributed by atoms with van der Waals surface area (Å²) in [7, 11) is 1.89. The normalized spacial score (nSPS) is 19.1. The van der Waals surface area contributed by atoms with Crippen molar-refractivity contribution in [3.8, 4) is 11.5 Å². The van der Waals surface area contributed by atoms with Gasteiger partial charge in [-0.15, -0.1) is 0 Å². The Hall–Kier alpha value is -1.75. The fourth-order valence-corrected chi connectivity index (χ4v) is 2.30. The number of nitrogens with zero attached hydrogens (tertiary/aromatic N) is 4. The Balaban J connectivity index is 2.07. The van der Waals surface area contributed by atoms with Gasteiger partial charge in [0, 0.05) is 36.7 Å². The topological polar surface area (TPSA) is 69.6 Å². The van der Waals surface area contributed by atoms with Crippen molar-refractivity contribution >= 4 is 0 Å². The fourth-order valence-electron chi connectivity index (χ4n) is 2.30. The largest absolute Gasteiger partial charge is 0.324 e. The van der Waals surface area contributed by atoms with Crippen LogP contribution in [0.15, 0.2) is 18.5 Å². The Bertz CT molecular complexity index is 546. The van der Waals surface area contributed by atoms with E-state index in [9.17, 15) is 0 Å². The highest BCUT2D eigenvalue weighted by Gasteiger charge is 2.19. The molecule has 2 aromatic heterocycles. The molecule has 2 aromatic rings. The van der Waals surface area contributed by atoms with Crippen molar-refractivity contribution in [2.24, 2.45) is 12.8 Å². The van der Waals surface area contributed by atoms with E-state index in [4.69, 9.17) is 5.73 Å². The summed E-state index contributed by atoms with van der Waals surface area (Å²) in [6.45, 7) is 0. The minimum Gasteiger partial charge on any atom is -0.324 e. The van der Waals surface area contributed by atoms with Gasteiger partial charge in [-0.05, 0) is 25.3 Å². The summed E-state index contributed by atoms with van der Waals surface area (Å²) >= 11 is 0. The molecule has 1 unspecified atom stereocenters. The monoisotopic (exact) mass is 229 g/mol. The predicted molar refractivity (Wildman–Crippen MR) is 64.1 cm³/mol. The van der Waals surface area contributed by atoms with E-state index in [2.05, 4.69) is 15.1 Å². The van der Waals surface area contributed by atoms with Gasteiger partial charge in [-0.2, -0.15) is 5.10 Å². The molecule has 0 aliphatic heterocycles. The summed E-state index contributed by atoms with van der Waals surface area (Å²) in [6, 6.07) is 2.02. The lowest BCUT2D eigenvalue weighted by atomic mass is 9.93. The van der Waals surface area contributed by atoms with Gasteiger partial charge in [-0.3, -0.25) is 4.68 Å². The smallest absolute Gasteiger partial charge is 0.178 e. The minimum atomic E-state index is 0.0966. The highest BCUT2D eigenvalue weighted by atomic mass is 15.3. The van der Waals surface area contributed by atoms with E-state index >= 15 is 0 Å².